The van der Waals surface area contributed by atoms with Crippen LogP contribution in [-0.2, 0) is 0 Å². The topological polar surface area (TPSA) is 78.0 Å². The molecular formula is C12H10NO6+. The fraction of sp³-hybridized carbons (Fsp3) is 0.250. The number of ether oxygens (including phenoxy) is 2. The largest absolute Gasteiger partial charge is 0.495 e. The van der Waals surface area contributed by atoms with E-state index in [-0.39, 0.29) is 22.0 Å². The summed E-state index contributed by atoms with van der Waals surface area (Å²) in [5, 5.41) is 0.592. The molecule has 0 N–H and O–H groups in total. The molecule has 0 fully saturated rings. The van der Waals surface area contributed by atoms with E-state index in [9.17, 15) is 9.70 Å². The van der Waals surface area contributed by atoms with E-state index in [1.54, 1.807) is 6.07 Å². The lowest BCUT2D eigenvalue weighted by Crippen LogP contribution is -2.28. The molecule has 98 valence electrons. The SMILES string of the molecule is COc1c2c(c(OC)c3occc13)O[N+](=O)CC2=O. The fourth-order valence-electron chi connectivity index (χ4n) is 2.19. The molecule has 0 radical (unpaired) electrons. The quantitative estimate of drug-likeness (QED) is 0.821. The minimum absolute atomic E-state index is 0.0213. The lowest BCUT2D eigenvalue weighted by Gasteiger charge is -2.15. The first kappa shape index (κ1) is 11.5. The summed E-state index contributed by atoms with van der Waals surface area (Å²) >= 11 is 0. The zero-order chi connectivity index (χ0) is 13.6. The molecule has 1 aliphatic heterocycles. The smallest absolute Gasteiger partial charge is 0.310 e. The minimum Gasteiger partial charge on any atom is -0.495 e. The van der Waals surface area contributed by atoms with Crippen LogP contribution >= 0.6 is 0 Å². The number of nitrogens with zero attached hydrogens (tertiary/aromatic N) is 1. The number of benzene rings is 1. The molecule has 1 aliphatic rings. The summed E-state index contributed by atoms with van der Waals surface area (Å²) in [4.78, 5) is 28.6. The van der Waals surface area contributed by atoms with E-state index in [4.69, 9.17) is 18.7 Å². The van der Waals surface area contributed by atoms with Gasteiger partial charge in [-0.3, -0.25) is 4.79 Å². The predicted octanol–water partition coefficient (Wildman–Crippen LogP) is 1.72. The van der Waals surface area contributed by atoms with Crippen molar-refractivity contribution in [2.45, 2.75) is 0 Å². The molecule has 0 unspecified atom stereocenters. The second-order valence-corrected chi connectivity index (χ2v) is 3.94. The van der Waals surface area contributed by atoms with Gasteiger partial charge in [0, 0.05) is 0 Å². The number of methoxy groups -OCH3 is 2. The average Bonchev–Trinajstić information content (AvgIpc) is 2.84. The summed E-state index contributed by atoms with van der Waals surface area (Å²) in [6.07, 6.45) is 1.45. The number of rotatable bonds is 2. The van der Waals surface area contributed by atoms with Crippen LogP contribution in [0.25, 0.3) is 11.0 Å². The van der Waals surface area contributed by atoms with Crippen LogP contribution in [0.15, 0.2) is 16.7 Å². The molecule has 1 aromatic carbocycles. The van der Waals surface area contributed by atoms with Gasteiger partial charge >= 0.3 is 6.54 Å². The second-order valence-electron chi connectivity index (χ2n) is 3.94. The van der Waals surface area contributed by atoms with E-state index in [0.717, 1.165) is 0 Å². The van der Waals surface area contributed by atoms with Gasteiger partial charge in [-0.1, -0.05) is 0 Å². The number of fused-ring (bicyclic) bond motifs is 2. The van der Waals surface area contributed by atoms with Gasteiger partial charge in [0.05, 0.1) is 30.8 Å². The van der Waals surface area contributed by atoms with E-state index in [2.05, 4.69) is 0 Å². The second kappa shape index (κ2) is 3.98. The maximum absolute atomic E-state index is 12.0. The standard InChI is InChI=1S/C12H10NO6/c1-16-9-6-3-4-18-10(6)12(17-2)11-8(9)7(14)5-13(15)19-11/h3-4H,5H2,1-2H3/q+1. The van der Waals surface area contributed by atoms with Crippen LogP contribution in [0.5, 0.6) is 17.2 Å². The van der Waals surface area contributed by atoms with Crippen molar-refractivity contribution in [1.29, 1.82) is 0 Å². The van der Waals surface area contributed by atoms with Gasteiger partial charge in [-0.25, -0.2) is 0 Å². The Morgan fingerprint density at radius 3 is 2.68 bits per heavy atom. The maximum atomic E-state index is 12.0. The molecule has 7 nitrogen and oxygen atoms in total. The number of Topliss-reactive ketones (excluding diaryl/α,β-unsaturated/α-hetero) is 1. The number of hydrogen-bond donors (Lipinski definition) is 0. The number of hydrogen-bond acceptors (Lipinski definition) is 6. The summed E-state index contributed by atoms with van der Waals surface area (Å²) < 4.78 is 15.7. The van der Waals surface area contributed by atoms with E-state index >= 15 is 0 Å². The van der Waals surface area contributed by atoms with E-state index < -0.39 is 12.3 Å². The van der Waals surface area contributed by atoms with Crippen LogP contribution in [0.4, 0.5) is 0 Å². The Bertz CT molecular complexity index is 702. The number of furan rings is 1. The molecule has 2 aromatic rings. The zero-order valence-corrected chi connectivity index (χ0v) is 10.3. The normalized spacial score (nSPS) is 14.2. The van der Waals surface area contributed by atoms with Gasteiger partial charge < -0.3 is 13.9 Å². The first-order chi connectivity index (χ1) is 9.17. The molecule has 1 aromatic heterocycles. The van der Waals surface area contributed by atoms with Gasteiger partial charge in [0.1, 0.15) is 11.3 Å². The van der Waals surface area contributed by atoms with Crippen molar-refractivity contribution >= 4 is 16.8 Å². The van der Waals surface area contributed by atoms with E-state index in [1.807, 2.05) is 0 Å². The van der Waals surface area contributed by atoms with Crippen LogP contribution in [-0.4, -0.2) is 31.5 Å². The van der Waals surface area contributed by atoms with Gasteiger partial charge in [-0.2, -0.15) is 4.84 Å². The Kier molecular flexibility index (Phi) is 2.41. The monoisotopic (exact) mass is 264 g/mol. The third kappa shape index (κ3) is 1.48. The molecule has 0 saturated carbocycles. The van der Waals surface area contributed by atoms with Crippen molar-refractivity contribution in [2.24, 2.45) is 0 Å². The first-order valence-electron chi connectivity index (χ1n) is 5.48. The van der Waals surface area contributed by atoms with Crippen LogP contribution in [0.3, 0.4) is 0 Å². The number of carbonyl (C=O) groups excluding carboxylic acids is 1. The highest BCUT2D eigenvalue weighted by atomic mass is 16.8. The Morgan fingerprint density at radius 2 is 2.00 bits per heavy atom. The van der Waals surface area contributed by atoms with E-state index in [0.29, 0.717) is 16.7 Å². The first-order valence-corrected chi connectivity index (χ1v) is 5.48. The third-order valence-corrected chi connectivity index (χ3v) is 2.93. The highest BCUT2D eigenvalue weighted by Gasteiger charge is 2.40. The van der Waals surface area contributed by atoms with Crippen LogP contribution < -0.4 is 14.3 Å². The zero-order valence-electron chi connectivity index (χ0n) is 10.3. The summed E-state index contributed by atoms with van der Waals surface area (Å²) in [6, 6.07) is 1.66. The third-order valence-electron chi connectivity index (χ3n) is 2.93. The Morgan fingerprint density at radius 1 is 1.26 bits per heavy atom. The molecule has 0 spiro atoms. The van der Waals surface area contributed by atoms with Gasteiger partial charge in [-0.15, -0.1) is 0 Å². The van der Waals surface area contributed by atoms with Gasteiger partial charge in [0.15, 0.2) is 5.58 Å². The van der Waals surface area contributed by atoms with Crippen molar-refractivity contribution in [3.8, 4) is 17.2 Å². The van der Waals surface area contributed by atoms with Crippen molar-refractivity contribution in [3.63, 3.8) is 0 Å². The average molecular weight is 264 g/mol. The highest BCUT2D eigenvalue weighted by Crippen LogP contribution is 2.47. The molecule has 0 bridgehead atoms. The number of carbonyl (C=O) groups is 1. The summed E-state index contributed by atoms with van der Waals surface area (Å²) in [6.45, 7) is -0.393. The summed E-state index contributed by atoms with van der Waals surface area (Å²) in [7, 11) is 2.84. The van der Waals surface area contributed by atoms with Crippen molar-refractivity contribution in [3.05, 3.63) is 22.8 Å². The fourth-order valence-corrected chi connectivity index (χ4v) is 2.19. The van der Waals surface area contributed by atoms with Crippen LogP contribution in [0, 0.1) is 4.91 Å². The van der Waals surface area contributed by atoms with E-state index in [1.165, 1.54) is 20.5 Å². The lowest BCUT2D eigenvalue weighted by atomic mass is 10.0. The van der Waals surface area contributed by atoms with Gasteiger partial charge in [-0.05, 0) is 6.07 Å². The lowest BCUT2D eigenvalue weighted by molar-refractivity contribution is -0.754. The minimum atomic E-state index is -0.394. The molecule has 19 heavy (non-hydrogen) atoms. The van der Waals surface area contributed by atoms with Crippen LogP contribution in [0.1, 0.15) is 10.4 Å². The summed E-state index contributed by atoms with van der Waals surface area (Å²) in [5.74, 6) is 0.143. The highest BCUT2D eigenvalue weighted by molar-refractivity contribution is 6.09. The predicted molar refractivity (Wildman–Crippen MR) is 62.8 cm³/mol. The molecule has 7 heteroatoms. The van der Waals surface area contributed by atoms with Crippen molar-refractivity contribution in [1.82, 2.24) is 0 Å². The van der Waals surface area contributed by atoms with Crippen molar-refractivity contribution < 1.29 is 28.4 Å². The maximum Gasteiger partial charge on any atom is 0.310 e. The number of ketones is 1. The Balaban J connectivity index is 2.46. The van der Waals surface area contributed by atoms with Gasteiger partial charge in [0.2, 0.25) is 16.5 Å². The van der Waals surface area contributed by atoms with Crippen molar-refractivity contribution in [2.75, 3.05) is 20.8 Å². The molecule has 0 saturated heterocycles. The molecule has 2 heterocycles. The molecule has 3 rings (SSSR count). The molecular weight excluding hydrogens is 254 g/mol. The molecule has 0 atom stereocenters. The van der Waals surface area contributed by atoms with Gasteiger partial charge in [0.25, 0.3) is 5.75 Å². The molecule has 0 aliphatic carbocycles. The summed E-state index contributed by atoms with van der Waals surface area (Å²) in [5.41, 5.74) is 0.557. The van der Waals surface area contributed by atoms with Crippen LogP contribution in [0.2, 0.25) is 0 Å². The molecule has 0 amide bonds. The Hall–Kier alpha value is -2.57. The Labute approximate surface area is 107 Å².